The highest BCUT2D eigenvalue weighted by Gasteiger charge is 2.38. The summed E-state index contributed by atoms with van der Waals surface area (Å²) >= 11 is 0. The van der Waals surface area contributed by atoms with Gasteiger partial charge in [0.25, 0.3) is 0 Å². The van der Waals surface area contributed by atoms with Crippen molar-refractivity contribution in [1.29, 1.82) is 0 Å². The first-order chi connectivity index (χ1) is 13.5. The highest BCUT2D eigenvalue weighted by molar-refractivity contribution is 6.02. The van der Waals surface area contributed by atoms with Gasteiger partial charge in [-0.15, -0.1) is 0 Å². The molecule has 1 heterocycles. The summed E-state index contributed by atoms with van der Waals surface area (Å²) in [5, 5.41) is 19.0. The highest BCUT2D eigenvalue weighted by atomic mass is 16.4. The van der Waals surface area contributed by atoms with Gasteiger partial charge in [-0.25, -0.2) is 4.79 Å². The summed E-state index contributed by atoms with van der Waals surface area (Å²) < 4.78 is 0. The Morgan fingerprint density at radius 1 is 0.964 bits per heavy atom. The summed E-state index contributed by atoms with van der Waals surface area (Å²) in [5.41, 5.74) is 2.48. The monoisotopic (exact) mass is 381 g/mol. The third-order valence-electron chi connectivity index (χ3n) is 5.21. The topological polar surface area (TPSA) is 94.9 Å². The number of para-hydroxylation sites is 1. The molecule has 1 aliphatic rings. The molecule has 0 aromatic heterocycles. The molecule has 6 heteroatoms. The fourth-order valence-electron chi connectivity index (χ4n) is 3.69. The van der Waals surface area contributed by atoms with E-state index in [9.17, 15) is 24.6 Å². The second-order valence-corrected chi connectivity index (χ2v) is 7.05. The summed E-state index contributed by atoms with van der Waals surface area (Å²) in [6.07, 6.45) is 1.52. The maximum atomic E-state index is 12.8. The largest absolute Gasteiger partial charge is 0.481 e. The number of benzene rings is 2. The molecule has 0 spiro atoms. The van der Waals surface area contributed by atoms with Gasteiger partial charge in [-0.3, -0.25) is 14.5 Å². The molecule has 2 aromatic rings. The fraction of sp³-hybridized carbons (Fsp3) is 0.318. The Hall–Kier alpha value is -3.15. The number of fused-ring (bicyclic) bond motifs is 1. The SMILES string of the molecule is O=C(O)[C@@H](CCC(=O)N1c2ccccc2C[C@H]1C(=O)O)CCc1ccccc1. The third-order valence-corrected chi connectivity index (χ3v) is 5.21. The van der Waals surface area contributed by atoms with Gasteiger partial charge in [0.05, 0.1) is 5.92 Å². The van der Waals surface area contributed by atoms with Crippen molar-refractivity contribution in [1.82, 2.24) is 0 Å². The zero-order valence-corrected chi connectivity index (χ0v) is 15.5. The molecule has 1 amide bonds. The first-order valence-corrected chi connectivity index (χ1v) is 9.37. The van der Waals surface area contributed by atoms with Crippen LogP contribution in [-0.2, 0) is 27.2 Å². The van der Waals surface area contributed by atoms with Gasteiger partial charge in [-0.05, 0) is 36.5 Å². The Kier molecular flexibility index (Phi) is 6.09. The van der Waals surface area contributed by atoms with Crippen molar-refractivity contribution in [2.24, 2.45) is 5.92 Å². The van der Waals surface area contributed by atoms with Crippen molar-refractivity contribution in [2.75, 3.05) is 4.90 Å². The number of hydrogen-bond donors (Lipinski definition) is 2. The zero-order chi connectivity index (χ0) is 20.1. The van der Waals surface area contributed by atoms with E-state index in [0.29, 0.717) is 18.5 Å². The predicted molar refractivity (Wildman–Crippen MR) is 104 cm³/mol. The van der Waals surface area contributed by atoms with E-state index in [1.54, 1.807) is 12.1 Å². The first kappa shape index (κ1) is 19.6. The van der Waals surface area contributed by atoms with Crippen LogP contribution in [0.15, 0.2) is 54.6 Å². The number of aliphatic carboxylic acids is 2. The van der Waals surface area contributed by atoms with Crippen LogP contribution >= 0.6 is 0 Å². The Morgan fingerprint density at radius 2 is 1.64 bits per heavy atom. The fourth-order valence-corrected chi connectivity index (χ4v) is 3.69. The number of anilines is 1. The number of carbonyl (C=O) groups is 3. The van der Waals surface area contributed by atoms with Gasteiger partial charge in [0.2, 0.25) is 5.91 Å². The number of aryl methyl sites for hydroxylation is 1. The van der Waals surface area contributed by atoms with Gasteiger partial charge < -0.3 is 10.2 Å². The molecule has 0 saturated heterocycles. The quantitative estimate of drug-likeness (QED) is 0.732. The smallest absolute Gasteiger partial charge is 0.327 e. The van der Waals surface area contributed by atoms with E-state index < -0.39 is 23.9 Å². The zero-order valence-electron chi connectivity index (χ0n) is 15.5. The summed E-state index contributed by atoms with van der Waals surface area (Å²) in [5.74, 6) is -2.97. The average molecular weight is 381 g/mol. The molecule has 2 aromatic carbocycles. The number of hydrogen-bond acceptors (Lipinski definition) is 3. The van der Waals surface area contributed by atoms with Crippen LogP contribution in [0.5, 0.6) is 0 Å². The molecule has 2 N–H and O–H groups in total. The Balaban J connectivity index is 1.65. The van der Waals surface area contributed by atoms with Crippen LogP contribution in [0.2, 0.25) is 0 Å². The number of carboxylic acids is 2. The normalized spacial score (nSPS) is 16.4. The molecule has 28 heavy (non-hydrogen) atoms. The molecule has 146 valence electrons. The third kappa shape index (κ3) is 4.39. The van der Waals surface area contributed by atoms with Crippen molar-refractivity contribution in [3.05, 3.63) is 65.7 Å². The lowest BCUT2D eigenvalue weighted by atomic mass is 9.95. The predicted octanol–water partition coefficient (Wildman–Crippen LogP) is 3.14. The average Bonchev–Trinajstić information content (AvgIpc) is 3.08. The van der Waals surface area contributed by atoms with Crippen LogP contribution in [0.3, 0.4) is 0 Å². The molecule has 0 radical (unpaired) electrons. The minimum Gasteiger partial charge on any atom is -0.481 e. The van der Waals surface area contributed by atoms with Crippen LogP contribution < -0.4 is 4.90 Å². The lowest BCUT2D eigenvalue weighted by Gasteiger charge is -2.23. The van der Waals surface area contributed by atoms with E-state index >= 15 is 0 Å². The van der Waals surface area contributed by atoms with Crippen LogP contribution in [0.1, 0.15) is 30.4 Å². The number of carboxylic acid groups (broad SMARTS) is 2. The first-order valence-electron chi connectivity index (χ1n) is 9.37. The molecule has 2 atom stereocenters. The van der Waals surface area contributed by atoms with E-state index in [1.807, 2.05) is 42.5 Å². The molecule has 3 rings (SSSR count). The summed E-state index contributed by atoms with van der Waals surface area (Å²) in [7, 11) is 0. The molecule has 1 aliphatic heterocycles. The summed E-state index contributed by atoms with van der Waals surface area (Å²) in [4.78, 5) is 37.3. The maximum absolute atomic E-state index is 12.8. The van der Waals surface area contributed by atoms with Crippen LogP contribution in [0, 0.1) is 5.92 Å². The number of carbonyl (C=O) groups excluding carboxylic acids is 1. The lowest BCUT2D eigenvalue weighted by Crippen LogP contribution is -2.43. The number of rotatable bonds is 8. The van der Waals surface area contributed by atoms with Gasteiger partial charge in [-0.2, -0.15) is 0 Å². The van der Waals surface area contributed by atoms with E-state index in [0.717, 1.165) is 11.1 Å². The molecular formula is C22H23NO5. The molecule has 0 fully saturated rings. The van der Waals surface area contributed by atoms with Crippen molar-refractivity contribution in [2.45, 2.75) is 38.1 Å². The van der Waals surface area contributed by atoms with Crippen LogP contribution in [-0.4, -0.2) is 34.1 Å². The molecular weight excluding hydrogens is 358 g/mol. The van der Waals surface area contributed by atoms with Crippen molar-refractivity contribution in [3.63, 3.8) is 0 Å². The summed E-state index contributed by atoms with van der Waals surface area (Å²) in [6, 6.07) is 15.8. The molecule has 6 nitrogen and oxygen atoms in total. The molecule has 0 saturated carbocycles. The Labute approximate surface area is 163 Å². The van der Waals surface area contributed by atoms with E-state index in [1.165, 1.54) is 4.90 Å². The lowest BCUT2D eigenvalue weighted by molar-refractivity contribution is -0.143. The Bertz CT molecular complexity index is 864. The van der Waals surface area contributed by atoms with Crippen molar-refractivity contribution in [3.8, 4) is 0 Å². The minimum absolute atomic E-state index is 0.00384. The van der Waals surface area contributed by atoms with Crippen molar-refractivity contribution < 1.29 is 24.6 Å². The van der Waals surface area contributed by atoms with Gasteiger partial charge in [0, 0.05) is 18.5 Å². The second kappa shape index (κ2) is 8.69. The van der Waals surface area contributed by atoms with Gasteiger partial charge in [0.1, 0.15) is 6.04 Å². The summed E-state index contributed by atoms with van der Waals surface area (Å²) in [6.45, 7) is 0. The Morgan fingerprint density at radius 3 is 2.32 bits per heavy atom. The van der Waals surface area contributed by atoms with Gasteiger partial charge >= 0.3 is 11.9 Å². The second-order valence-electron chi connectivity index (χ2n) is 7.05. The van der Waals surface area contributed by atoms with Gasteiger partial charge in [0.15, 0.2) is 0 Å². The standard InChI is InChI=1S/C22H23NO5/c24-20(23-18-9-5-4-8-17(18)14-19(23)22(27)28)13-12-16(21(25)26)11-10-15-6-2-1-3-7-15/h1-9,16,19H,10-14H2,(H,25,26)(H,27,28)/t16-,19+/m1/s1. The maximum Gasteiger partial charge on any atom is 0.327 e. The minimum atomic E-state index is -1.05. The van der Waals surface area contributed by atoms with Crippen LogP contribution in [0.4, 0.5) is 5.69 Å². The van der Waals surface area contributed by atoms with Gasteiger partial charge in [-0.1, -0.05) is 48.5 Å². The van der Waals surface area contributed by atoms with Crippen molar-refractivity contribution >= 4 is 23.5 Å². The number of amides is 1. The number of nitrogens with zero attached hydrogens (tertiary/aromatic N) is 1. The highest BCUT2D eigenvalue weighted by Crippen LogP contribution is 2.33. The van der Waals surface area contributed by atoms with E-state index in [-0.39, 0.29) is 25.2 Å². The molecule has 0 unspecified atom stereocenters. The van der Waals surface area contributed by atoms with E-state index in [2.05, 4.69) is 0 Å². The van der Waals surface area contributed by atoms with E-state index in [4.69, 9.17) is 0 Å². The molecule has 0 bridgehead atoms. The molecule has 0 aliphatic carbocycles. The van der Waals surface area contributed by atoms with Crippen LogP contribution in [0.25, 0.3) is 0 Å².